The molecule has 2 aliphatic heterocycles. The molecule has 3 aromatic rings. The normalized spacial score (nSPS) is 18.7. The van der Waals surface area contributed by atoms with Gasteiger partial charge >= 0.3 is 0 Å². The lowest BCUT2D eigenvalue weighted by molar-refractivity contribution is 0.0733. The van der Waals surface area contributed by atoms with Gasteiger partial charge in [-0.15, -0.1) is 0 Å². The number of hydrogen-bond donors (Lipinski definition) is 0. The van der Waals surface area contributed by atoms with E-state index in [1.807, 2.05) is 58.1 Å². The lowest BCUT2D eigenvalue weighted by Crippen LogP contribution is -2.33. The number of carbonyl (C=O) groups is 1. The number of amides is 1. The van der Waals surface area contributed by atoms with Crippen molar-refractivity contribution in [2.45, 2.75) is 51.5 Å². The number of likely N-dealkylation sites (tertiary alicyclic amines) is 2. The zero-order chi connectivity index (χ0) is 24.0. The van der Waals surface area contributed by atoms with Gasteiger partial charge in [-0.05, 0) is 75.2 Å². The Balaban J connectivity index is 1.23. The van der Waals surface area contributed by atoms with E-state index in [-0.39, 0.29) is 11.9 Å². The molecule has 2 fully saturated rings. The van der Waals surface area contributed by atoms with E-state index in [4.69, 9.17) is 9.72 Å². The summed E-state index contributed by atoms with van der Waals surface area (Å²) in [6, 6.07) is 13.6. The maximum atomic E-state index is 13.4. The van der Waals surface area contributed by atoms with Gasteiger partial charge in [0.1, 0.15) is 24.0 Å². The van der Waals surface area contributed by atoms with Gasteiger partial charge in [0.15, 0.2) is 0 Å². The van der Waals surface area contributed by atoms with Gasteiger partial charge in [0.25, 0.3) is 5.91 Å². The van der Waals surface area contributed by atoms with Crippen LogP contribution in [0.2, 0.25) is 0 Å². The van der Waals surface area contributed by atoms with Gasteiger partial charge in [0.05, 0.1) is 11.7 Å². The van der Waals surface area contributed by atoms with Crippen molar-refractivity contribution in [2.75, 3.05) is 32.8 Å². The summed E-state index contributed by atoms with van der Waals surface area (Å²) in [5.41, 5.74) is 1.63. The maximum Gasteiger partial charge on any atom is 0.254 e. The van der Waals surface area contributed by atoms with Gasteiger partial charge in [-0.25, -0.2) is 9.97 Å². The first-order valence-electron chi connectivity index (χ1n) is 13.0. The van der Waals surface area contributed by atoms with E-state index in [9.17, 15) is 4.79 Å². The molecule has 0 spiro atoms. The van der Waals surface area contributed by atoms with Crippen LogP contribution in [-0.2, 0) is 6.42 Å². The standard InChI is InChI=1S/C28H35N5O2/c1-2-26-29-15-19-33(26)27-10-6-8-24(30-27)25-9-7-18-32(25)28(34)22-11-13-23(14-12-22)35-21-20-31-16-4-3-5-17-31/h6,8,10-15,19,25H,2-5,7,9,16-18,20-21H2,1H3/t25-/m0/s1. The van der Waals surface area contributed by atoms with Gasteiger partial charge in [0, 0.05) is 37.5 Å². The quantitative estimate of drug-likeness (QED) is 0.476. The van der Waals surface area contributed by atoms with Crippen molar-refractivity contribution in [3.63, 3.8) is 0 Å². The van der Waals surface area contributed by atoms with Crippen LogP contribution in [0.5, 0.6) is 5.75 Å². The first kappa shape index (κ1) is 23.5. The SMILES string of the molecule is CCc1nccn1-c1cccc([C@@H]2CCCN2C(=O)c2ccc(OCCN3CCCCC3)cc2)n1. The van der Waals surface area contributed by atoms with E-state index in [0.29, 0.717) is 12.2 Å². The molecule has 2 saturated heterocycles. The maximum absolute atomic E-state index is 13.4. The molecule has 0 unspecified atom stereocenters. The second kappa shape index (κ2) is 11.0. The zero-order valence-corrected chi connectivity index (χ0v) is 20.6. The van der Waals surface area contributed by atoms with Gasteiger partial charge in [-0.2, -0.15) is 0 Å². The lowest BCUT2D eigenvalue weighted by Gasteiger charge is -2.26. The number of hydrogen-bond acceptors (Lipinski definition) is 5. The number of carbonyl (C=O) groups excluding carboxylic acids is 1. The topological polar surface area (TPSA) is 63.5 Å². The summed E-state index contributed by atoms with van der Waals surface area (Å²) >= 11 is 0. The van der Waals surface area contributed by atoms with E-state index in [2.05, 4.69) is 16.8 Å². The molecule has 5 rings (SSSR count). The molecule has 7 nitrogen and oxygen atoms in total. The molecule has 2 aliphatic rings. The molecule has 0 bridgehead atoms. The monoisotopic (exact) mass is 473 g/mol. The molecule has 4 heterocycles. The van der Waals surface area contributed by atoms with Crippen LogP contribution in [0.15, 0.2) is 54.9 Å². The largest absolute Gasteiger partial charge is 0.492 e. The Labute approximate surface area is 207 Å². The minimum Gasteiger partial charge on any atom is -0.492 e. The molecule has 2 aromatic heterocycles. The van der Waals surface area contributed by atoms with E-state index >= 15 is 0 Å². The van der Waals surface area contributed by atoms with E-state index in [0.717, 1.165) is 55.4 Å². The predicted molar refractivity (Wildman–Crippen MR) is 136 cm³/mol. The molecule has 184 valence electrons. The van der Waals surface area contributed by atoms with Crippen molar-refractivity contribution in [2.24, 2.45) is 0 Å². The third kappa shape index (κ3) is 5.40. The summed E-state index contributed by atoms with van der Waals surface area (Å²) in [4.78, 5) is 27.2. The Morgan fingerprint density at radius 2 is 1.86 bits per heavy atom. The highest BCUT2D eigenvalue weighted by atomic mass is 16.5. The number of nitrogens with zero attached hydrogens (tertiary/aromatic N) is 5. The summed E-state index contributed by atoms with van der Waals surface area (Å²) in [6.45, 7) is 6.82. The number of rotatable bonds is 8. The third-order valence-corrected chi connectivity index (χ3v) is 7.12. The molecular weight excluding hydrogens is 438 g/mol. The number of benzene rings is 1. The third-order valence-electron chi connectivity index (χ3n) is 7.12. The lowest BCUT2D eigenvalue weighted by atomic mass is 10.1. The van der Waals surface area contributed by atoms with Gasteiger partial charge in [0.2, 0.25) is 0 Å². The van der Waals surface area contributed by atoms with E-state index in [1.54, 1.807) is 6.20 Å². The Kier molecular flexibility index (Phi) is 7.42. The zero-order valence-electron chi connectivity index (χ0n) is 20.6. The Morgan fingerprint density at radius 1 is 1.03 bits per heavy atom. The van der Waals surface area contributed by atoms with Crippen molar-refractivity contribution in [3.8, 4) is 11.6 Å². The van der Waals surface area contributed by atoms with Crippen LogP contribution >= 0.6 is 0 Å². The second-order valence-electron chi connectivity index (χ2n) is 9.42. The molecular formula is C28H35N5O2. The van der Waals surface area contributed by atoms with Crippen molar-refractivity contribution in [1.29, 1.82) is 0 Å². The summed E-state index contributed by atoms with van der Waals surface area (Å²) in [5.74, 6) is 2.70. The molecule has 1 atom stereocenters. The second-order valence-corrected chi connectivity index (χ2v) is 9.42. The highest BCUT2D eigenvalue weighted by Crippen LogP contribution is 2.33. The highest BCUT2D eigenvalue weighted by Gasteiger charge is 2.31. The number of aryl methyl sites for hydroxylation is 1. The van der Waals surface area contributed by atoms with Crippen molar-refractivity contribution >= 4 is 5.91 Å². The summed E-state index contributed by atoms with van der Waals surface area (Å²) in [6.07, 6.45) is 10.4. The number of aromatic nitrogens is 3. The van der Waals surface area contributed by atoms with Crippen LogP contribution in [0, 0.1) is 0 Å². The number of imidazole rings is 1. The Morgan fingerprint density at radius 3 is 2.66 bits per heavy atom. The summed E-state index contributed by atoms with van der Waals surface area (Å²) in [5, 5.41) is 0. The number of piperidine rings is 1. The van der Waals surface area contributed by atoms with Crippen LogP contribution in [-0.4, -0.2) is 63.0 Å². The fourth-order valence-corrected chi connectivity index (χ4v) is 5.22. The molecule has 0 radical (unpaired) electrons. The van der Waals surface area contributed by atoms with Gasteiger partial charge in [-0.1, -0.05) is 19.4 Å². The van der Waals surface area contributed by atoms with Crippen molar-refractivity contribution < 1.29 is 9.53 Å². The predicted octanol–water partition coefficient (Wildman–Crippen LogP) is 4.67. The fraction of sp³-hybridized carbons (Fsp3) is 0.464. The molecule has 0 aliphatic carbocycles. The van der Waals surface area contributed by atoms with Gasteiger partial charge < -0.3 is 9.64 Å². The van der Waals surface area contributed by atoms with Crippen LogP contribution in [0.3, 0.4) is 0 Å². The summed E-state index contributed by atoms with van der Waals surface area (Å²) in [7, 11) is 0. The first-order valence-corrected chi connectivity index (χ1v) is 13.0. The molecule has 35 heavy (non-hydrogen) atoms. The molecule has 1 amide bonds. The smallest absolute Gasteiger partial charge is 0.254 e. The highest BCUT2D eigenvalue weighted by molar-refractivity contribution is 5.94. The molecule has 1 aromatic carbocycles. The molecule has 0 saturated carbocycles. The number of ether oxygens (including phenoxy) is 1. The van der Waals surface area contributed by atoms with Crippen molar-refractivity contribution in [1.82, 2.24) is 24.3 Å². The average molecular weight is 474 g/mol. The first-order chi connectivity index (χ1) is 17.2. The van der Waals surface area contributed by atoms with E-state index < -0.39 is 0 Å². The van der Waals surface area contributed by atoms with E-state index in [1.165, 1.54) is 32.4 Å². The molecule has 0 N–H and O–H groups in total. The van der Waals surface area contributed by atoms with Crippen molar-refractivity contribution in [3.05, 3.63) is 71.9 Å². The fourth-order valence-electron chi connectivity index (χ4n) is 5.22. The number of pyridine rings is 1. The minimum absolute atomic E-state index is 0.0171. The summed E-state index contributed by atoms with van der Waals surface area (Å²) < 4.78 is 7.97. The van der Waals surface area contributed by atoms with Crippen LogP contribution in [0.25, 0.3) is 5.82 Å². The van der Waals surface area contributed by atoms with Gasteiger partial charge in [-0.3, -0.25) is 14.3 Å². The average Bonchev–Trinajstić information content (AvgIpc) is 3.59. The Hall–Kier alpha value is -3.19. The van der Waals surface area contributed by atoms with Crippen LogP contribution in [0.1, 0.15) is 66.9 Å². The Bertz CT molecular complexity index is 1120. The van der Waals surface area contributed by atoms with Crippen LogP contribution in [0.4, 0.5) is 0 Å². The molecule has 7 heteroatoms. The van der Waals surface area contributed by atoms with Crippen LogP contribution < -0.4 is 4.74 Å². The minimum atomic E-state index is -0.0171.